The summed E-state index contributed by atoms with van der Waals surface area (Å²) in [5.74, 6) is 0.319. The fourth-order valence-corrected chi connectivity index (χ4v) is 2.60. The molecule has 0 aromatic heterocycles. The van der Waals surface area contributed by atoms with Gasteiger partial charge in [-0.25, -0.2) is 0 Å². The number of fused-ring (bicyclic) bond motifs is 2. The van der Waals surface area contributed by atoms with Gasteiger partial charge in [0, 0.05) is 12.5 Å². The summed E-state index contributed by atoms with van der Waals surface area (Å²) in [5.41, 5.74) is 1.43. The minimum Gasteiger partial charge on any atom is -0.368 e. The van der Waals surface area contributed by atoms with Crippen LogP contribution in [0, 0.1) is 0 Å². The van der Waals surface area contributed by atoms with Gasteiger partial charge in [-0.2, -0.15) is 0 Å². The fourth-order valence-electron chi connectivity index (χ4n) is 2.60. The lowest BCUT2D eigenvalue weighted by Gasteiger charge is -2.34. The van der Waals surface area contributed by atoms with Gasteiger partial charge >= 0.3 is 0 Å². The molecule has 0 radical (unpaired) electrons. The van der Waals surface area contributed by atoms with Crippen LogP contribution in [-0.2, 0) is 9.53 Å². The molecule has 3 aliphatic heterocycles. The number of piperidine rings is 1. The van der Waals surface area contributed by atoms with Crippen molar-refractivity contribution in [2.24, 2.45) is 0 Å². The van der Waals surface area contributed by atoms with Gasteiger partial charge in [-0.1, -0.05) is 6.08 Å². The van der Waals surface area contributed by atoms with Crippen LogP contribution in [0.25, 0.3) is 0 Å². The molecule has 3 nitrogen and oxygen atoms in total. The van der Waals surface area contributed by atoms with E-state index in [1.807, 2.05) is 4.90 Å². The number of hydrogen-bond donors (Lipinski definition) is 0. The second-order valence-corrected chi connectivity index (χ2v) is 4.04. The predicted octanol–water partition coefficient (Wildman–Crippen LogP) is 0.706. The van der Waals surface area contributed by atoms with Gasteiger partial charge in [0.2, 0.25) is 5.91 Å². The maximum atomic E-state index is 11.4. The van der Waals surface area contributed by atoms with Crippen LogP contribution in [-0.4, -0.2) is 36.1 Å². The van der Waals surface area contributed by atoms with Crippen molar-refractivity contribution < 1.29 is 9.53 Å². The number of rotatable bonds is 0. The Bertz CT molecular complexity index is 285. The van der Waals surface area contributed by atoms with Gasteiger partial charge in [-0.3, -0.25) is 4.79 Å². The van der Waals surface area contributed by atoms with E-state index in [0.717, 1.165) is 32.4 Å². The van der Waals surface area contributed by atoms with Gasteiger partial charge in [0.1, 0.15) is 0 Å². The zero-order valence-electron chi connectivity index (χ0n) is 7.53. The quantitative estimate of drug-likeness (QED) is 0.512. The van der Waals surface area contributed by atoms with Crippen molar-refractivity contribution in [2.45, 2.75) is 31.4 Å². The van der Waals surface area contributed by atoms with Crippen molar-refractivity contribution in [2.75, 3.05) is 13.2 Å². The Kier molecular flexibility index (Phi) is 1.50. The van der Waals surface area contributed by atoms with Crippen molar-refractivity contribution in [3.63, 3.8) is 0 Å². The minimum atomic E-state index is 0.221. The van der Waals surface area contributed by atoms with Gasteiger partial charge in [-0.05, 0) is 18.4 Å². The lowest BCUT2D eigenvalue weighted by Crippen LogP contribution is -2.44. The summed E-state index contributed by atoms with van der Waals surface area (Å²) in [4.78, 5) is 13.5. The number of carbonyl (C=O) groups is 1. The summed E-state index contributed by atoms with van der Waals surface area (Å²) < 4.78 is 5.53. The fraction of sp³-hybridized carbons (Fsp3) is 0.700. The average molecular weight is 179 g/mol. The van der Waals surface area contributed by atoms with E-state index in [2.05, 4.69) is 6.08 Å². The summed E-state index contributed by atoms with van der Waals surface area (Å²) in [5, 5.41) is 0. The molecule has 1 amide bonds. The summed E-state index contributed by atoms with van der Waals surface area (Å²) in [6, 6.07) is 0.483. The first kappa shape index (κ1) is 7.56. The van der Waals surface area contributed by atoms with Crippen LogP contribution < -0.4 is 0 Å². The lowest BCUT2D eigenvalue weighted by molar-refractivity contribution is -0.131. The SMILES string of the molecule is O=C1CC[C@H]2CC3=CCO[C@@H]3CN12. The largest absolute Gasteiger partial charge is 0.368 e. The Labute approximate surface area is 77.4 Å². The first-order valence-electron chi connectivity index (χ1n) is 4.94. The highest BCUT2D eigenvalue weighted by Crippen LogP contribution is 2.34. The molecule has 2 saturated heterocycles. The van der Waals surface area contributed by atoms with Gasteiger partial charge in [0.15, 0.2) is 0 Å². The van der Waals surface area contributed by atoms with E-state index >= 15 is 0 Å². The van der Waals surface area contributed by atoms with Crippen molar-refractivity contribution in [1.29, 1.82) is 0 Å². The Morgan fingerprint density at radius 3 is 3.38 bits per heavy atom. The van der Waals surface area contributed by atoms with Gasteiger partial charge in [0.25, 0.3) is 0 Å². The van der Waals surface area contributed by atoms with Crippen LogP contribution in [0.1, 0.15) is 19.3 Å². The zero-order chi connectivity index (χ0) is 8.84. The highest BCUT2D eigenvalue weighted by molar-refractivity contribution is 5.79. The summed E-state index contributed by atoms with van der Waals surface area (Å²) in [6.45, 7) is 1.55. The number of carbonyl (C=O) groups excluding carboxylic acids is 1. The Hall–Kier alpha value is -0.830. The molecular weight excluding hydrogens is 166 g/mol. The highest BCUT2D eigenvalue weighted by atomic mass is 16.5. The molecule has 3 heteroatoms. The predicted molar refractivity (Wildman–Crippen MR) is 47.2 cm³/mol. The van der Waals surface area contributed by atoms with Crippen molar-refractivity contribution in [1.82, 2.24) is 4.90 Å². The number of hydrogen-bond acceptors (Lipinski definition) is 2. The summed E-state index contributed by atoms with van der Waals surface area (Å²) in [7, 11) is 0. The second-order valence-electron chi connectivity index (χ2n) is 4.04. The number of ether oxygens (including phenoxy) is 1. The highest BCUT2D eigenvalue weighted by Gasteiger charge is 2.39. The second kappa shape index (κ2) is 2.58. The first-order chi connectivity index (χ1) is 6.34. The Morgan fingerprint density at radius 1 is 1.54 bits per heavy atom. The van der Waals surface area contributed by atoms with E-state index < -0.39 is 0 Å². The molecule has 3 aliphatic rings. The average Bonchev–Trinajstić information content (AvgIpc) is 2.70. The normalized spacial score (nSPS) is 37.4. The van der Waals surface area contributed by atoms with Crippen molar-refractivity contribution in [3.05, 3.63) is 11.6 Å². The van der Waals surface area contributed by atoms with Crippen molar-refractivity contribution in [3.8, 4) is 0 Å². The summed E-state index contributed by atoms with van der Waals surface area (Å²) in [6.07, 6.45) is 5.24. The molecule has 2 atom stereocenters. The molecule has 0 spiro atoms. The third kappa shape index (κ3) is 1.03. The third-order valence-corrected chi connectivity index (χ3v) is 3.34. The van der Waals surface area contributed by atoms with Crippen LogP contribution in [0.15, 0.2) is 11.6 Å². The van der Waals surface area contributed by atoms with Gasteiger partial charge < -0.3 is 9.64 Å². The molecule has 0 aliphatic carbocycles. The van der Waals surface area contributed by atoms with Crippen molar-refractivity contribution >= 4 is 5.91 Å². The van der Waals surface area contributed by atoms with Crippen LogP contribution in [0.2, 0.25) is 0 Å². The lowest BCUT2D eigenvalue weighted by atomic mass is 9.96. The van der Waals surface area contributed by atoms with E-state index in [0.29, 0.717) is 11.9 Å². The molecule has 70 valence electrons. The smallest absolute Gasteiger partial charge is 0.223 e. The molecule has 0 bridgehead atoms. The maximum Gasteiger partial charge on any atom is 0.223 e. The Morgan fingerprint density at radius 2 is 2.46 bits per heavy atom. The first-order valence-corrected chi connectivity index (χ1v) is 4.94. The Balaban J connectivity index is 1.85. The van der Waals surface area contributed by atoms with E-state index in [1.165, 1.54) is 5.57 Å². The van der Waals surface area contributed by atoms with Crippen LogP contribution >= 0.6 is 0 Å². The molecule has 0 saturated carbocycles. The van der Waals surface area contributed by atoms with Gasteiger partial charge in [-0.15, -0.1) is 0 Å². The topological polar surface area (TPSA) is 29.5 Å². The third-order valence-electron chi connectivity index (χ3n) is 3.34. The number of amides is 1. The molecule has 0 aromatic rings. The van der Waals surface area contributed by atoms with E-state index in [1.54, 1.807) is 0 Å². The number of nitrogens with zero attached hydrogens (tertiary/aromatic N) is 1. The zero-order valence-corrected chi connectivity index (χ0v) is 7.53. The molecule has 2 fully saturated rings. The molecule has 0 aromatic carbocycles. The molecule has 3 heterocycles. The monoisotopic (exact) mass is 179 g/mol. The molecule has 3 rings (SSSR count). The van der Waals surface area contributed by atoms with E-state index in [-0.39, 0.29) is 6.10 Å². The van der Waals surface area contributed by atoms with Crippen LogP contribution in [0.4, 0.5) is 0 Å². The maximum absolute atomic E-state index is 11.4. The standard InChI is InChI=1S/C10H13NO2/c12-10-2-1-8-5-7-3-4-13-9(7)6-11(8)10/h3,8-9H,1-2,4-6H2/t8-,9+/m0/s1. The van der Waals surface area contributed by atoms with Crippen LogP contribution in [0.5, 0.6) is 0 Å². The molecule has 0 unspecified atom stereocenters. The van der Waals surface area contributed by atoms with E-state index in [9.17, 15) is 4.79 Å². The molecule has 0 N–H and O–H groups in total. The summed E-state index contributed by atoms with van der Waals surface area (Å²) >= 11 is 0. The van der Waals surface area contributed by atoms with Crippen LogP contribution in [0.3, 0.4) is 0 Å². The van der Waals surface area contributed by atoms with E-state index in [4.69, 9.17) is 4.74 Å². The minimum absolute atomic E-state index is 0.221. The molecule has 13 heavy (non-hydrogen) atoms. The molecular formula is C10H13NO2. The van der Waals surface area contributed by atoms with Gasteiger partial charge in [0.05, 0.1) is 19.3 Å².